The van der Waals surface area contributed by atoms with Gasteiger partial charge in [-0.2, -0.15) is 4.31 Å². The molecule has 28 heavy (non-hydrogen) atoms. The van der Waals surface area contributed by atoms with E-state index in [0.29, 0.717) is 32.4 Å². The Bertz CT molecular complexity index is 869. The number of benzene rings is 1. The van der Waals surface area contributed by atoms with Gasteiger partial charge in [-0.1, -0.05) is 12.1 Å². The predicted octanol–water partition coefficient (Wildman–Crippen LogP) is 1.44. The Labute approximate surface area is 165 Å². The number of amides is 1. The van der Waals surface area contributed by atoms with Gasteiger partial charge in [0.2, 0.25) is 15.9 Å². The van der Waals surface area contributed by atoms with E-state index in [1.54, 1.807) is 0 Å². The number of fused-ring (bicyclic) bond motifs is 1. The number of carbonyl (C=O) groups excluding carboxylic acids is 1. The summed E-state index contributed by atoms with van der Waals surface area (Å²) in [4.78, 5) is 19.7. The lowest BCUT2D eigenvalue weighted by Crippen LogP contribution is -2.49. The lowest BCUT2D eigenvalue weighted by atomic mass is 10.2. The fourth-order valence-electron chi connectivity index (χ4n) is 3.44. The predicted molar refractivity (Wildman–Crippen MR) is 107 cm³/mol. The number of imidazole rings is 1. The van der Waals surface area contributed by atoms with E-state index in [-0.39, 0.29) is 30.4 Å². The van der Waals surface area contributed by atoms with Crippen molar-refractivity contribution in [3.63, 3.8) is 0 Å². The van der Waals surface area contributed by atoms with Crippen molar-refractivity contribution in [2.45, 2.75) is 45.3 Å². The number of hydrogen-bond donors (Lipinski definition) is 2. The smallest absolute Gasteiger partial charge is 0.220 e. The van der Waals surface area contributed by atoms with E-state index in [2.05, 4.69) is 15.3 Å². The SMILES string of the molecule is C[C@@H]1CN(S(=O)(=O)CCNC(=O)CCCc2nc3ccccc3[nH]2)C[C@@H](C)O1. The van der Waals surface area contributed by atoms with Gasteiger partial charge >= 0.3 is 0 Å². The Morgan fingerprint density at radius 1 is 1.29 bits per heavy atom. The fourth-order valence-corrected chi connectivity index (χ4v) is 4.93. The van der Waals surface area contributed by atoms with Crippen molar-refractivity contribution in [2.75, 3.05) is 25.4 Å². The number of para-hydroxylation sites is 2. The summed E-state index contributed by atoms with van der Waals surface area (Å²) in [6.07, 6.45) is 1.42. The van der Waals surface area contributed by atoms with Crippen molar-refractivity contribution in [3.8, 4) is 0 Å². The number of sulfonamides is 1. The molecule has 1 aliphatic heterocycles. The topological polar surface area (TPSA) is 104 Å². The highest BCUT2D eigenvalue weighted by Crippen LogP contribution is 2.15. The zero-order valence-electron chi connectivity index (χ0n) is 16.3. The van der Waals surface area contributed by atoms with Crippen LogP contribution in [0.1, 0.15) is 32.5 Å². The van der Waals surface area contributed by atoms with Crippen molar-refractivity contribution in [2.24, 2.45) is 0 Å². The number of H-pyrrole nitrogens is 1. The van der Waals surface area contributed by atoms with Crippen molar-refractivity contribution in [1.29, 1.82) is 0 Å². The lowest BCUT2D eigenvalue weighted by Gasteiger charge is -2.34. The average Bonchev–Trinajstić information content (AvgIpc) is 3.03. The molecule has 9 heteroatoms. The summed E-state index contributed by atoms with van der Waals surface area (Å²) in [5.41, 5.74) is 1.90. The van der Waals surface area contributed by atoms with Crippen LogP contribution in [0.15, 0.2) is 24.3 Å². The van der Waals surface area contributed by atoms with Crippen LogP contribution in [-0.2, 0) is 26.0 Å². The van der Waals surface area contributed by atoms with E-state index >= 15 is 0 Å². The number of morpholine rings is 1. The molecule has 1 saturated heterocycles. The van der Waals surface area contributed by atoms with Gasteiger partial charge in [0.1, 0.15) is 5.82 Å². The lowest BCUT2D eigenvalue weighted by molar-refractivity contribution is -0.121. The van der Waals surface area contributed by atoms with Gasteiger partial charge in [-0.3, -0.25) is 4.79 Å². The number of aryl methyl sites for hydroxylation is 1. The third kappa shape index (κ3) is 5.52. The van der Waals surface area contributed by atoms with Crippen molar-refractivity contribution in [1.82, 2.24) is 19.6 Å². The third-order valence-corrected chi connectivity index (χ3v) is 6.52. The van der Waals surface area contributed by atoms with Crippen LogP contribution in [0.3, 0.4) is 0 Å². The highest BCUT2D eigenvalue weighted by Gasteiger charge is 2.30. The molecule has 2 aromatic rings. The summed E-state index contributed by atoms with van der Waals surface area (Å²) in [6, 6.07) is 7.80. The van der Waals surface area contributed by atoms with Gasteiger partial charge in [-0.15, -0.1) is 0 Å². The number of aromatic amines is 1. The number of hydrogen-bond acceptors (Lipinski definition) is 5. The van der Waals surface area contributed by atoms with Gasteiger partial charge in [-0.05, 0) is 32.4 Å². The van der Waals surface area contributed by atoms with Crippen molar-refractivity contribution < 1.29 is 17.9 Å². The highest BCUT2D eigenvalue weighted by molar-refractivity contribution is 7.89. The molecule has 2 atom stereocenters. The number of aromatic nitrogens is 2. The van der Waals surface area contributed by atoms with Gasteiger partial charge in [0, 0.05) is 32.5 Å². The second kappa shape index (κ2) is 9.02. The standard InChI is InChI=1S/C19H28N4O4S/c1-14-12-23(13-15(2)27-14)28(25,26)11-10-20-19(24)9-5-8-18-21-16-6-3-4-7-17(16)22-18/h3-4,6-7,14-15H,5,8-13H2,1-2H3,(H,20,24)(H,21,22)/t14-,15-/m1/s1. The zero-order chi connectivity index (χ0) is 20.1. The van der Waals surface area contributed by atoms with Gasteiger partial charge in [0.25, 0.3) is 0 Å². The number of carbonyl (C=O) groups is 1. The Hall–Kier alpha value is -1.97. The fraction of sp³-hybridized carbons (Fsp3) is 0.579. The number of nitrogens with zero attached hydrogens (tertiary/aromatic N) is 2. The summed E-state index contributed by atoms with van der Waals surface area (Å²) in [5, 5.41) is 2.71. The molecule has 1 aromatic heterocycles. The van der Waals surface area contributed by atoms with Crippen LogP contribution in [0.25, 0.3) is 11.0 Å². The first-order valence-corrected chi connectivity index (χ1v) is 11.3. The maximum atomic E-state index is 12.4. The van der Waals surface area contributed by atoms with Gasteiger partial charge in [0.05, 0.1) is 29.0 Å². The van der Waals surface area contributed by atoms with Crippen molar-refractivity contribution >= 4 is 27.0 Å². The molecule has 0 saturated carbocycles. The second-order valence-corrected chi connectivity index (χ2v) is 9.38. The first-order chi connectivity index (χ1) is 13.3. The largest absolute Gasteiger partial charge is 0.373 e. The van der Waals surface area contributed by atoms with E-state index in [1.807, 2.05) is 38.1 Å². The van der Waals surface area contributed by atoms with Crippen molar-refractivity contribution in [3.05, 3.63) is 30.1 Å². The summed E-state index contributed by atoms with van der Waals surface area (Å²) >= 11 is 0. The maximum Gasteiger partial charge on any atom is 0.220 e. The second-order valence-electron chi connectivity index (χ2n) is 7.29. The average molecular weight is 409 g/mol. The molecule has 1 aromatic carbocycles. The molecule has 0 aliphatic carbocycles. The molecule has 1 fully saturated rings. The minimum atomic E-state index is -3.40. The van der Waals surface area contributed by atoms with Gasteiger partial charge in [0.15, 0.2) is 0 Å². The molecule has 8 nitrogen and oxygen atoms in total. The minimum absolute atomic E-state index is 0.0955. The molecular weight excluding hydrogens is 380 g/mol. The van der Waals surface area contributed by atoms with Crippen LogP contribution in [0.5, 0.6) is 0 Å². The van der Waals surface area contributed by atoms with Crippen LogP contribution in [0, 0.1) is 0 Å². The van der Waals surface area contributed by atoms with Crippen LogP contribution >= 0.6 is 0 Å². The number of nitrogens with one attached hydrogen (secondary N) is 2. The first-order valence-electron chi connectivity index (χ1n) is 9.67. The summed E-state index contributed by atoms with van der Waals surface area (Å²) < 4.78 is 31.9. The Kier molecular flexibility index (Phi) is 6.69. The van der Waals surface area contributed by atoms with E-state index < -0.39 is 10.0 Å². The van der Waals surface area contributed by atoms with E-state index in [0.717, 1.165) is 16.9 Å². The molecule has 3 rings (SSSR count). The van der Waals surface area contributed by atoms with E-state index in [4.69, 9.17) is 4.74 Å². The quantitative estimate of drug-likeness (QED) is 0.688. The molecule has 1 aliphatic rings. The molecule has 2 N–H and O–H groups in total. The molecule has 0 spiro atoms. The molecule has 154 valence electrons. The van der Waals surface area contributed by atoms with Gasteiger partial charge in [-0.25, -0.2) is 13.4 Å². The normalized spacial score (nSPS) is 21.1. The molecule has 0 bridgehead atoms. The van der Waals surface area contributed by atoms with Gasteiger partial charge < -0.3 is 15.0 Å². The molecule has 0 radical (unpaired) electrons. The summed E-state index contributed by atoms with van der Waals surface area (Å²) in [7, 11) is -3.40. The molecule has 2 heterocycles. The summed E-state index contributed by atoms with van der Waals surface area (Å²) in [5.74, 6) is 0.615. The minimum Gasteiger partial charge on any atom is -0.373 e. The first kappa shape index (κ1) is 20.8. The Balaban J connectivity index is 1.38. The van der Waals surface area contributed by atoms with E-state index in [9.17, 15) is 13.2 Å². The van der Waals surface area contributed by atoms with E-state index in [1.165, 1.54) is 4.31 Å². The van der Waals surface area contributed by atoms with Crippen LogP contribution in [0.4, 0.5) is 0 Å². The van der Waals surface area contributed by atoms with Crippen LogP contribution < -0.4 is 5.32 Å². The Morgan fingerprint density at radius 2 is 2.00 bits per heavy atom. The Morgan fingerprint density at radius 3 is 2.71 bits per heavy atom. The molecule has 0 unspecified atom stereocenters. The number of ether oxygens (including phenoxy) is 1. The van der Waals surface area contributed by atoms with Crippen LogP contribution in [0.2, 0.25) is 0 Å². The maximum absolute atomic E-state index is 12.4. The van der Waals surface area contributed by atoms with Crippen LogP contribution in [-0.4, -0.2) is 66.2 Å². The highest BCUT2D eigenvalue weighted by atomic mass is 32.2. The third-order valence-electron chi connectivity index (χ3n) is 4.72. The molecule has 1 amide bonds. The summed E-state index contributed by atoms with van der Waals surface area (Å²) in [6.45, 7) is 4.56. The molecular formula is C19H28N4O4S. The number of rotatable bonds is 8. The monoisotopic (exact) mass is 408 g/mol. The zero-order valence-corrected chi connectivity index (χ0v) is 17.2.